The van der Waals surface area contributed by atoms with E-state index in [1.54, 1.807) is 19.1 Å². The second kappa shape index (κ2) is 8.77. The van der Waals surface area contributed by atoms with Crippen LogP contribution in [0.15, 0.2) is 24.3 Å². The smallest absolute Gasteiger partial charge is 0.350 e. The lowest BCUT2D eigenvalue weighted by molar-refractivity contribution is -0.124. The van der Waals surface area contributed by atoms with E-state index in [4.69, 9.17) is 21.1 Å². The van der Waals surface area contributed by atoms with Gasteiger partial charge >= 0.3 is 5.97 Å². The summed E-state index contributed by atoms with van der Waals surface area (Å²) in [5.74, 6) is -0.946. The summed E-state index contributed by atoms with van der Waals surface area (Å²) in [6.45, 7) is 2.15. The van der Waals surface area contributed by atoms with Crippen molar-refractivity contribution in [2.45, 2.75) is 6.92 Å². The summed E-state index contributed by atoms with van der Waals surface area (Å²) >= 11 is 7.18. The van der Waals surface area contributed by atoms with Crippen LogP contribution in [0, 0.1) is 6.92 Å². The van der Waals surface area contributed by atoms with E-state index in [9.17, 15) is 9.59 Å². The summed E-state index contributed by atoms with van der Waals surface area (Å²) < 4.78 is 9.84. The van der Waals surface area contributed by atoms with Crippen molar-refractivity contribution in [3.63, 3.8) is 0 Å². The number of hydrogen-bond donors (Lipinski definition) is 1. The van der Waals surface area contributed by atoms with Crippen molar-refractivity contribution in [3.05, 3.63) is 39.9 Å². The van der Waals surface area contributed by atoms with Gasteiger partial charge in [-0.1, -0.05) is 23.7 Å². The molecule has 0 spiro atoms. The first-order chi connectivity index (χ1) is 11.5. The summed E-state index contributed by atoms with van der Waals surface area (Å²) in [6, 6.07) is 7.22. The number of halogens is 1. The molecule has 2 rings (SSSR count). The second-order valence-corrected chi connectivity index (χ2v) is 6.30. The molecule has 128 valence electrons. The molecule has 0 unspecified atom stereocenters. The number of methoxy groups -OCH3 is 1. The summed E-state index contributed by atoms with van der Waals surface area (Å²) in [7, 11) is 1.54. The van der Waals surface area contributed by atoms with Crippen LogP contribution in [-0.4, -0.2) is 43.7 Å². The molecule has 0 atom stereocenters. The number of ether oxygens (including phenoxy) is 2. The predicted molar refractivity (Wildman–Crippen MR) is 92.5 cm³/mol. The molecule has 1 N–H and O–H groups in total. The Bertz CT molecular complexity index is 733. The van der Waals surface area contributed by atoms with Gasteiger partial charge in [-0.15, -0.1) is 11.3 Å². The third-order valence-corrected chi connectivity index (χ3v) is 4.44. The molecule has 0 saturated carbocycles. The summed E-state index contributed by atoms with van der Waals surface area (Å²) in [6.07, 6.45) is 0. The van der Waals surface area contributed by atoms with Gasteiger partial charge in [-0.3, -0.25) is 4.79 Å². The monoisotopic (exact) mass is 368 g/mol. The zero-order valence-corrected chi connectivity index (χ0v) is 14.9. The minimum atomic E-state index is -0.569. The number of hydrogen-bond acceptors (Lipinski definition) is 6. The SMILES string of the molecule is COCCNC(=O)COC(=O)c1sc(-c2cccc(Cl)c2)nc1C. The highest BCUT2D eigenvalue weighted by Gasteiger charge is 2.18. The van der Waals surface area contributed by atoms with Gasteiger partial charge in [0, 0.05) is 24.2 Å². The van der Waals surface area contributed by atoms with E-state index in [0.29, 0.717) is 33.8 Å². The molecule has 24 heavy (non-hydrogen) atoms. The number of thiazole rings is 1. The first kappa shape index (κ1) is 18.4. The molecule has 0 saturated heterocycles. The lowest BCUT2D eigenvalue weighted by atomic mass is 10.2. The van der Waals surface area contributed by atoms with Crippen molar-refractivity contribution < 1.29 is 19.1 Å². The maximum atomic E-state index is 12.1. The van der Waals surface area contributed by atoms with E-state index in [-0.39, 0.29) is 12.5 Å². The fourth-order valence-electron chi connectivity index (χ4n) is 1.87. The largest absolute Gasteiger partial charge is 0.451 e. The minimum Gasteiger partial charge on any atom is -0.451 e. The molecular weight excluding hydrogens is 352 g/mol. The van der Waals surface area contributed by atoms with Crippen molar-refractivity contribution in [3.8, 4) is 10.6 Å². The molecule has 1 amide bonds. The highest BCUT2D eigenvalue weighted by molar-refractivity contribution is 7.17. The van der Waals surface area contributed by atoms with Gasteiger partial charge < -0.3 is 14.8 Å². The normalized spacial score (nSPS) is 10.5. The third kappa shape index (κ3) is 5.02. The molecule has 0 aliphatic rings. The molecule has 1 heterocycles. The molecule has 6 nitrogen and oxygen atoms in total. The van der Waals surface area contributed by atoms with Crippen molar-refractivity contribution in [1.29, 1.82) is 0 Å². The average Bonchev–Trinajstić information content (AvgIpc) is 2.95. The van der Waals surface area contributed by atoms with E-state index in [0.717, 1.165) is 5.56 Å². The molecule has 0 fully saturated rings. The molecule has 2 aromatic rings. The number of amides is 1. The second-order valence-electron chi connectivity index (χ2n) is 4.86. The lowest BCUT2D eigenvalue weighted by Crippen LogP contribution is -2.31. The average molecular weight is 369 g/mol. The van der Waals surface area contributed by atoms with Gasteiger partial charge in [0.15, 0.2) is 6.61 Å². The quantitative estimate of drug-likeness (QED) is 0.600. The van der Waals surface area contributed by atoms with Crippen LogP contribution in [0.3, 0.4) is 0 Å². The number of rotatable bonds is 7. The summed E-state index contributed by atoms with van der Waals surface area (Å²) in [4.78, 5) is 28.4. The van der Waals surface area contributed by atoms with Crippen LogP contribution < -0.4 is 5.32 Å². The van der Waals surface area contributed by atoms with Gasteiger partial charge in [-0.05, 0) is 19.1 Å². The zero-order chi connectivity index (χ0) is 17.5. The molecule has 0 aliphatic heterocycles. The standard InChI is InChI=1S/C16H17ClN2O4S/c1-10-14(16(21)23-9-13(20)18-6-7-22-2)24-15(19-10)11-4-3-5-12(17)8-11/h3-5,8H,6-7,9H2,1-2H3,(H,18,20). The minimum absolute atomic E-state index is 0.341. The maximum Gasteiger partial charge on any atom is 0.350 e. The van der Waals surface area contributed by atoms with E-state index in [2.05, 4.69) is 10.3 Å². The Morgan fingerprint density at radius 1 is 1.38 bits per heavy atom. The van der Waals surface area contributed by atoms with E-state index in [1.165, 1.54) is 18.4 Å². The van der Waals surface area contributed by atoms with Gasteiger partial charge in [0.25, 0.3) is 5.91 Å². The molecule has 0 radical (unpaired) electrons. The van der Waals surface area contributed by atoms with Crippen molar-refractivity contribution >= 4 is 34.8 Å². The molecule has 0 bridgehead atoms. The van der Waals surface area contributed by atoms with Crippen LogP contribution in [0.2, 0.25) is 5.02 Å². The number of nitrogens with one attached hydrogen (secondary N) is 1. The van der Waals surface area contributed by atoms with Crippen LogP contribution in [0.25, 0.3) is 10.6 Å². The zero-order valence-electron chi connectivity index (χ0n) is 13.3. The van der Waals surface area contributed by atoms with E-state index >= 15 is 0 Å². The third-order valence-electron chi connectivity index (χ3n) is 3.02. The van der Waals surface area contributed by atoms with E-state index < -0.39 is 5.97 Å². The molecule has 0 aliphatic carbocycles. The number of aromatic nitrogens is 1. The predicted octanol–water partition coefficient (Wildman–Crippen LogP) is 2.69. The lowest BCUT2D eigenvalue weighted by Gasteiger charge is -2.05. The number of aryl methyl sites for hydroxylation is 1. The highest BCUT2D eigenvalue weighted by Crippen LogP contribution is 2.29. The number of esters is 1. The van der Waals surface area contributed by atoms with Gasteiger partial charge in [0.1, 0.15) is 9.88 Å². The fourth-order valence-corrected chi connectivity index (χ4v) is 3.02. The van der Waals surface area contributed by atoms with E-state index in [1.807, 2.05) is 12.1 Å². The molecule has 1 aromatic carbocycles. The Morgan fingerprint density at radius 3 is 2.88 bits per heavy atom. The summed E-state index contributed by atoms with van der Waals surface area (Å²) in [5.41, 5.74) is 1.38. The van der Waals surface area contributed by atoms with Crippen LogP contribution in [0.4, 0.5) is 0 Å². The van der Waals surface area contributed by atoms with Crippen molar-refractivity contribution in [2.24, 2.45) is 0 Å². The molecular formula is C16H17ClN2O4S. The number of nitrogens with zero attached hydrogens (tertiary/aromatic N) is 1. The first-order valence-corrected chi connectivity index (χ1v) is 8.37. The van der Waals surface area contributed by atoms with Gasteiger partial charge in [-0.25, -0.2) is 9.78 Å². The van der Waals surface area contributed by atoms with Crippen molar-refractivity contribution in [2.75, 3.05) is 26.9 Å². The topological polar surface area (TPSA) is 77.5 Å². The Kier molecular flexibility index (Phi) is 6.72. The first-order valence-electron chi connectivity index (χ1n) is 7.17. The molecule has 8 heteroatoms. The highest BCUT2D eigenvalue weighted by atomic mass is 35.5. The van der Waals surface area contributed by atoms with Crippen LogP contribution in [0.5, 0.6) is 0 Å². The number of carbonyl (C=O) groups excluding carboxylic acids is 2. The Balaban J connectivity index is 1.99. The van der Waals surface area contributed by atoms with Gasteiger partial charge in [0.2, 0.25) is 0 Å². The fraction of sp³-hybridized carbons (Fsp3) is 0.312. The van der Waals surface area contributed by atoms with Crippen LogP contribution in [0.1, 0.15) is 15.4 Å². The van der Waals surface area contributed by atoms with Crippen LogP contribution >= 0.6 is 22.9 Å². The van der Waals surface area contributed by atoms with Gasteiger partial charge in [0.05, 0.1) is 12.3 Å². The van der Waals surface area contributed by atoms with Crippen molar-refractivity contribution in [1.82, 2.24) is 10.3 Å². The Hall–Kier alpha value is -1.96. The Labute approximate surface area is 148 Å². The van der Waals surface area contributed by atoms with Gasteiger partial charge in [-0.2, -0.15) is 0 Å². The maximum absolute atomic E-state index is 12.1. The van der Waals surface area contributed by atoms with Crippen LogP contribution in [-0.2, 0) is 14.3 Å². The number of benzene rings is 1. The number of carbonyl (C=O) groups is 2. The Morgan fingerprint density at radius 2 is 2.17 bits per heavy atom. The molecule has 1 aromatic heterocycles. The summed E-state index contributed by atoms with van der Waals surface area (Å²) in [5, 5.41) is 3.84.